The van der Waals surface area contributed by atoms with Crippen LogP contribution in [-0.4, -0.2) is 29.5 Å². The van der Waals surface area contributed by atoms with E-state index in [2.05, 4.69) is 62.4 Å². The van der Waals surface area contributed by atoms with E-state index in [1.54, 1.807) is 0 Å². The highest BCUT2D eigenvalue weighted by Gasteiger charge is 2.40. The van der Waals surface area contributed by atoms with E-state index in [1.807, 2.05) is 0 Å². The SMILES string of the molecule is CN(C)CC1(C)CC(I)CC(C)(C)C1. The summed E-state index contributed by atoms with van der Waals surface area (Å²) in [6.07, 6.45) is 4.14. The zero-order valence-electron chi connectivity index (χ0n) is 10.2. The zero-order chi connectivity index (χ0) is 11.0. The van der Waals surface area contributed by atoms with E-state index in [1.165, 1.54) is 25.8 Å². The van der Waals surface area contributed by atoms with Crippen LogP contribution in [0.1, 0.15) is 40.0 Å². The van der Waals surface area contributed by atoms with Crippen LogP contribution in [0.4, 0.5) is 0 Å². The van der Waals surface area contributed by atoms with Gasteiger partial charge in [-0.15, -0.1) is 0 Å². The average Bonchev–Trinajstić information content (AvgIpc) is 1.74. The molecule has 0 bridgehead atoms. The van der Waals surface area contributed by atoms with Gasteiger partial charge in [0.2, 0.25) is 0 Å². The van der Waals surface area contributed by atoms with Gasteiger partial charge in [0.25, 0.3) is 0 Å². The summed E-state index contributed by atoms with van der Waals surface area (Å²) >= 11 is 2.64. The summed E-state index contributed by atoms with van der Waals surface area (Å²) in [6.45, 7) is 8.53. The van der Waals surface area contributed by atoms with Crippen LogP contribution in [0.25, 0.3) is 0 Å². The van der Waals surface area contributed by atoms with Gasteiger partial charge in [-0.3, -0.25) is 0 Å². The van der Waals surface area contributed by atoms with Crippen LogP contribution in [0.5, 0.6) is 0 Å². The topological polar surface area (TPSA) is 3.24 Å². The lowest BCUT2D eigenvalue weighted by Gasteiger charge is -2.46. The Bertz CT molecular complexity index is 196. The van der Waals surface area contributed by atoms with E-state index in [-0.39, 0.29) is 0 Å². The van der Waals surface area contributed by atoms with Crippen molar-refractivity contribution in [3.8, 4) is 0 Å². The number of hydrogen-bond donors (Lipinski definition) is 0. The van der Waals surface area contributed by atoms with Gasteiger partial charge in [-0.05, 0) is 44.2 Å². The average molecular weight is 309 g/mol. The summed E-state index contributed by atoms with van der Waals surface area (Å²) in [7, 11) is 4.38. The first kappa shape index (κ1) is 12.8. The van der Waals surface area contributed by atoms with Crippen molar-refractivity contribution in [2.75, 3.05) is 20.6 Å². The normalized spacial score (nSPS) is 37.5. The lowest BCUT2D eigenvalue weighted by molar-refractivity contribution is 0.0804. The van der Waals surface area contributed by atoms with Crippen molar-refractivity contribution in [1.29, 1.82) is 0 Å². The highest BCUT2D eigenvalue weighted by Crippen LogP contribution is 2.48. The van der Waals surface area contributed by atoms with Crippen molar-refractivity contribution < 1.29 is 0 Å². The zero-order valence-corrected chi connectivity index (χ0v) is 12.4. The monoisotopic (exact) mass is 309 g/mol. The molecule has 0 aliphatic heterocycles. The predicted molar refractivity (Wildman–Crippen MR) is 72.1 cm³/mol. The third-order valence-electron chi connectivity index (χ3n) is 3.09. The molecule has 14 heavy (non-hydrogen) atoms. The van der Waals surface area contributed by atoms with Crippen LogP contribution in [0.15, 0.2) is 0 Å². The van der Waals surface area contributed by atoms with Crippen LogP contribution >= 0.6 is 22.6 Å². The fourth-order valence-corrected chi connectivity index (χ4v) is 5.65. The maximum Gasteiger partial charge on any atom is 0.0120 e. The van der Waals surface area contributed by atoms with Crippen molar-refractivity contribution >= 4 is 22.6 Å². The fraction of sp³-hybridized carbons (Fsp3) is 1.00. The van der Waals surface area contributed by atoms with Gasteiger partial charge in [0.15, 0.2) is 0 Å². The predicted octanol–water partition coefficient (Wildman–Crippen LogP) is 3.57. The third kappa shape index (κ3) is 3.69. The maximum atomic E-state index is 2.64. The molecule has 1 fully saturated rings. The molecular formula is C12H24IN. The Kier molecular flexibility index (Phi) is 3.90. The highest BCUT2D eigenvalue weighted by atomic mass is 127. The molecule has 1 rings (SSSR count). The number of rotatable bonds is 2. The minimum Gasteiger partial charge on any atom is -0.309 e. The van der Waals surface area contributed by atoms with Gasteiger partial charge in [0.05, 0.1) is 0 Å². The van der Waals surface area contributed by atoms with Crippen molar-refractivity contribution in [3.63, 3.8) is 0 Å². The standard InChI is InChI=1S/C12H24IN/c1-11(2)6-10(13)7-12(3,8-11)9-14(4)5/h10H,6-9H2,1-5H3. The molecule has 0 heterocycles. The maximum absolute atomic E-state index is 2.64. The largest absolute Gasteiger partial charge is 0.309 e. The molecule has 0 aromatic carbocycles. The lowest BCUT2D eigenvalue weighted by Crippen LogP contribution is -2.42. The van der Waals surface area contributed by atoms with E-state index in [0.29, 0.717) is 10.8 Å². The van der Waals surface area contributed by atoms with E-state index in [0.717, 1.165) is 3.92 Å². The first-order valence-electron chi connectivity index (χ1n) is 5.51. The highest BCUT2D eigenvalue weighted by molar-refractivity contribution is 14.1. The molecule has 0 aromatic rings. The second-order valence-electron chi connectivity index (χ2n) is 6.39. The Hall–Kier alpha value is 0.690. The fourth-order valence-electron chi connectivity index (χ4n) is 3.39. The second kappa shape index (κ2) is 4.28. The molecule has 2 unspecified atom stereocenters. The molecule has 0 radical (unpaired) electrons. The van der Waals surface area contributed by atoms with Gasteiger partial charge < -0.3 is 4.90 Å². The Morgan fingerprint density at radius 1 is 1.21 bits per heavy atom. The molecule has 1 aliphatic carbocycles. The third-order valence-corrected chi connectivity index (χ3v) is 3.97. The summed E-state index contributed by atoms with van der Waals surface area (Å²) < 4.78 is 0.862. The molecule has 1 nitrogen and oxygen atoms in total. The molecule has 1 aliphatic rings. The Balaban J connectivity index is 2.68. The first-order valence-corrected chi connectivity index (χ1v) is 6.76. The van der Waals surface area contributed by atoms with Crippen molar-refractivity contribution in [2.24, 2.45) is 10.8 Å². The van der Waals surface area contributed by atoms with E-state index in [4.69, 9.17) is 0 Å². The van der Waals surface area contributed by atoms with E-state index < -0.39 is 0 Å². The number of hydrogen-bond acceptors (Lipinski definition) is 1. The molecule has 0 aromatic heterocycles. The minimum atomic E-state index is 0.525. The van der Waals surface area contributed by atoms with Gasteiger partial charge in [-0.2, -0.15) is 0 Å². The summed E-state index contributed by atoms with van der Waals surface area (Å²) in [5.41, 5.74) is 1.06. The Labute approximate surface area is 103 Å². The quantitative estimate of drug-likeness (QED) is 0.557. The van der Waals surface area contributed by atoms with Gasteiger partial charge >= 0.3 is 0 Å². The van der Waals surface area contributed by atoms with Gasteiger partial charge in [0.1, 0.15) is 0 Å². The number of halogens is 1. The number of alkyl halides is 1. The van der Waals surface area contributed by atoms with Crippen molar-refractivity contribution in [1.82, 2.24) is 4.90 Å². The summed E-state index contributed by atoms with van der Waals surface area (Å²) in [5, 5.41) is 0. The van der Waals surface area contributed by atoms with Crippen LogP contribution < -0.4 is 0 Å². The van der Waals surface area contributed by atoms with E-state index in [9.17, 15) is 0 Å². The molecular weight excluding hydrogens is 285 g/mol. The molecule has 0 N–H and O–H groups in total. The van der Waals surface area contributed by atoms with Crippen LogP contribution in [0.3, 0.4) is 0 Å². The van der Waals surface area contributed by atoms with E-state index >= 15 is 0 Å². The smallest absolute Gasteiger partial charge is 0.0120 e. The molecule has 2 heteroatoms. The lowest BCUT2D eigenvalue weighted by atomic mass is 9.64. The minimum absolute atomic E-state index is 0.525. The summed E-state index contributed by atoms with van der Waals surface area (Å²) in [4.78, 5) is 2.34. The van der Waals surface area contributed by atoms with Crippen molar-refractivity contribution in [2.45, 2.75) is 44.0 Å². The summed E-state index contributed by atoms with van der Waals surface area (Å²) in [6, 6.07) is 0. The Morgan fingerprint density at radius 2 is 1.79 bits per heavy atom. The van der Waals surface area contributed by atoms with Crippen LogP contribution in [0, 0.1) is 10.8 Å². The molecule has 0 saturated heterocycles. The molecule has 1 saturated carbocycles. The van der Waals surface area contributed by atoms with Gasteiger partial charge in [0, 0.05) is 10.5 Å². The number of nitrogens with zero attached hydrogens (tertiary/aromatic N) is 1. The molecule has 2 atom stereocenters. The summed E-state index contributed by atoms with van der Waals surface area (Å²) in [5.74, 6) is 0. The molecule has 0 spiro atoms. The van der Waals surface area contributed by atoms with Crippen LogP contribution in [0.2, 0.25) is 0 Å². The van der Waals surface area contributed by atoms with Gasteiger partial charge in [-0.25, -0.2) is 0 Å². The molecule has 0 amide bonds. The van der Waals surface area contributed by atoms with Crippen LogP contribution in [-0.2, 0) is 0 Å². The first-order chi connectivity index (χ1) is 6.22. The van der Waals surface area contributed by atoms with Gasteiger partial charge in [-0.1, -0.05) is 43.4 Å². The Morgan fingerprint density at radius 3 is 2.21 bits per heavy atom. The molecule has 84 valence electrons. The van der Waals surface area contributed by atoms with Crippen molar-refractivity contribution in [3.05, 3.63) is 0 Å². The second-order valence-corrected chi connectivity index (χ2v) is 8.16.